The lowest BCUT2D eigenvalue weighted by atomic mass is 9.60. The molecule has 0 aliphatic heterocycles. The summed E-state index contributed by atoms with van der Waals surface area (Å²) in [5.41, 5.74) is -1.47. The van der Waals surface area contributed by atoms with Gasteiger partial charge in [-0.3, -0.25) is 14.4 Å². The highest BCUT2D eigenvalue weighted by atomic mass is 19.1. The molecule has 1 aliphatic rings. The molecule has 1 aromatic rings. The Kier molecular flexibility index (Phi) is 4.29. The second kappa shape index (κ2) is 5.72. The van der Waals surface area contributed by atoms with Crippen molar-refractivity contribution in [3.8, 4) is 0 Å². The number of carbonyl (C=O) groups excluding carboxylic acids is 3. The predicted molar refractivity (Wildman–Crippen MR) is 77.7 cm³/mol. The van der Waals surface area contributed by atoms with Gasteiger partial charge in [-0.1, -0.05) is 18.2 Å². The highest BCUT2D eigenvalue weighted by molar-refractivity contribution is 6.05. The molecule has 0 bridgehead atoms. The summed E-state index contributed by atoms with van der Waals surface area (Å²) in [6, 6.07) is 5.76. The molecular weight excluding hydrogens is 287 g/mol. The molecule has 1 aromatic carbocycles. The van der Waals surface area contributed by atoms with Gasteiger partial charge in [0.25, 0.3) is 0 Å². The Morgan fingerprint density at radius 1 is 1.23 bits per heavy atom. The van der Waals surface area contributed by atoms with Crippen molar-refractivity contribution in [1.82, 2.24) is 0 Å². The van der Waals surface area contributed by atoms with Crippen LogP contribution in [-0.4, -0.2) is 28.1 Å². The van der Waals surface area contributed by atoms with Crippen molar-refractivity contribution < 1.29 is 23.9 Å². The molecule has 0 unspecified atom stereocenters. The van der Waals surface area contributed by atoms with Gasteiger partial charge in [-0.25, -0.2) is 4.39 Å². The minimum absolute atomic E-state index is 0.122. The van der Waals surface area contributed by atoms with E-state index in [1.807, 2.05) is 0 Å². The first-order chi connectivity index (χ1) is 10.2. The highest BCUT2D eigenvalue weighted by Gasteiger charge is 2.54. The molecule has 4 nitrogen and oxygen atoms in total. The first-order valence-electron chi connectivity index (χ1n) is 7.17. The van der Waals surface area contributed by atoms with Gasteiger partial charge < -0.3 is 5.11 Å². The van der Waals surface area contributed by atoms with Gasteiger partial charge in [0.05, 0.1) is 17.4 Å². The lowest BCUT2D eigenvalue weighted by Crippen LogP contribution is -2.54. The molecule has 0 amide bonds. The van der Waals surface area contributed by atoms with E-state index >= 15 is 0 Å². The highest BCUT2D eigenvalue weighted by Crippen LogP contribution is 2.46. The summed E-state index contributed by atoms with van der Waals surface area (Å²) in [5, 5.41) is 10.5. The summed E-state index contributed by atoms with van der Waals surface area (Å²) in [6.45, 7) is 3.94. The number of aliphatic hydroxyl groups is 1. The lowest BCUT2D eigenvalue weighted by molar-refractivity contribution is -0.151. The van der Waals surface area contributed by atoms with Gasteiger partial charge in [0.2, 0.25) is 0 Å². The van der Waals surface area contributed by atoms with Crippen LogP contribution in [0.1, 0.15) is 38.7 Å². The normalized spacial score (nSPS) is 31.9. The fourth-order valence-electron chi connectivity index (χ4n) is 3.63. The molecule has 118 valence electrons. The van der Waals surface area contributed by atoms with Crippen LogP contribution in [0.3, 0.4) is 0 Å². The van der Waals surface area contributed by atoms with E-state index < -0.39 is 40.7 Å². The lowest BCUT2D eigenvalue weighted by Gasteiger charge is -2.44. The maximum Gasteiger partial charge on any atom is 0.146 e. The Morgan fingerprint density at radius 2 is 1.82 bits per heavy atom. The molecule has 5 heteroatoms. The monoisotopic (exact) mass is 306 g/mol. The summed E-state index contributed by atoms with van der Waals surface area (Å²) in [4.78, 5) is 36.3. The first kappa shape index (κ1) is 16.5. The standard InChI is InChI=1S/C17H19FO4/c1-9(19)14-13(21)8-17(3,22)16(10(2)20)15(14)11-6-4-5-7-12(11)18/h4-7,14-16,22H,8H2,1-3H3/t14-,15+,16-,17-/m0/s1. The van der Waals surface area contributed by atoms with Crippen molar-refractivity contribution in [3.05, 3.63) is 35.6 Å². The van der Waals surface area contributed by atoms with Crippen LogP contribution in [0, 0.1) is 17.7 Å². The molecule has 0 heterocycles. The Morgan fingerprint density at radius 3 is 2.32 bits per heavy atom. The van der Waals surface area contributed by atoms with Crippen molar-refractivity contribution in [2.75, 3.05) is 0 Å². The summed E-state index contributed by atoms with van der Waals surface area (Å²) >= 11 is 0. The van der Waals surface area contributed by atoms with Crippen LogP contribution in [0.25, 0.3) is 0 Å². The Balaban J connectivity index is 2.68. The number of carbonyl (C=O) groups is 3. The van der Waals surface area contributed by atoms with E-state index in [-0.39, 0.29) is 17.8 Å². The van der Waals surface area contributed by atoms with Gasteiger partial charge >= 0.3 is 0 Å². The van der Waals surface area contributed by atoms with Crippen LogP contribution in [-0.2, 0) is 14.4 Å². The zero-order valence-electron chi connectivity index (χ0n) is 12.8. The van der Waals surface area contributed by atoms with Gasteiger partial charge in [-0.2, -0.15) is 0 Å². The topological polar surface area (TPSA) is 71.4 Å². The van der Waals surface area contributed by atoms with Gasteiger partial charge in [0.1, 0.15) is 23.2 Å². The van der Waals surface area contributed by atoms with Crippen LogP contribution in [0.4, 0.5) is 4.39 Å². The predicted octanol–water partition coefficient (Wildman–Crippen LogP) is 2.04. The molecule has 0 saturated heterocycles. The van der Waals surface area contributed by atoms with Gasteiger partial charge in [0.15, 0.2) is 0 Å². The third kappa shape index (κ3) is 2.73. The number of Topliss-reactive ketones (excluding diaryl/α,β-unsaturated/α-hetero) is 3. The zero-order chi connectivity index (χ0) is 16.7. The fourth-order valence-corrected chi connectivity index (χ4v) is 3.63. The third-order valence-corrected chi connectivity index (χ3v) is 4.41. The number of benzene rings is 1. The van der Waals surface area contributed by atoms with Crippen molar-refractivity contribution >= 4 is 17.3 Å². The summed E-state index contributed by atoms with van der Waals surface area (Å²) in [7, 11) is 0. The van der Waals surface area contributed by atoms with E-state index in [0.717, 1.165) is 0 Å². The van der Waals surface area contributed by atoms with Crippen LogP contribution in [0.15, 0.2) is 24.3 Å². The van der Waals surface area contributed by atoms with Crippen LogP contribution >= 0.6 is 0 Å². The number of hydrogen-bond acceptors (Lipinski definition) is 4. The Hall–Kier alpha value is -1.88. The van der Waals surface area contributed by atoms with Gasteiger partial charge in [0, 0.05) is 12.3 Å². The van der Waals surface area contributed by atoms with Crippen molar-refractivity contribution in [3.63, 3.8) is 0 Å². The molecular formula is C17H19FO4. The van der Waals surface area contributed by atoms with Gasteiger partial charge in [-0.05, 0) is 32.4 Å². The van der Waals surface area contributed by atoms with Gasteiger partial charge in [-0.15, -0.1) is 0 Å². The maximum absolute atomic E-state index is 14.2. The molecule has 0 aromatic heterocycles. The fraction of sp³-hybridized carbons (Fsp3) is 0.471. The molecule has 0 spiro atoms. The molecule has 0 radical (unpaired) electrons. The molecule has 22 heavy (non-hydrogen) atoms. The van der Waals surface area contributed by atoms with Crippen LogP contribution in [0.2, 0.25) is 0 Å². The average Bonchev–Trinajstić information content (AvgIpc) is 2.35. The number of ketones is 3. The quantitative estimate of drug-likeness (QED) is 0.868. The Bertz CT molecular complexity index is 635. The number of halogens is 1. The molecule has 1 aliphatic carbocycles. The SMILES string of the molecule is CC(=O)[C@H]1C(=O)C[C@](C)(O)[C@@H](C(C)=O)[C@@H]1c1ccccc1F. The number of rotatable bonds is 3. The second-order valence-electron chi connectivity index (χ2n) is 6.22. The molecule has 4 atom stereocenters. The Labute approximate surface area is 128 Å². The summed E-state index contributed by atoms with van der Waals surface area (Å²) < 4.78 is 14.2. The van der Waals surface area contributed by atoms with E-state index in [1.165, 1.54) is 39.0 Å². The molecule has 2 rings (SSSR count). The molecule has 1 fully saturated rings. The smallest absolute Gasteiger partial charge is 0.146 e. The van der Waals surface area contributed by atoms with E-state index in [2.05, 4.69) is 0 Å². The molecule has 1 saturated carbocycles. The summed E-state index contributed by atoms with van der Waals surface area (Å²) in [6.07, 6.45) is -0.285. The van der Waals surface area contributed by atoms with E-state index in [9.17, 15) is 23.9 Å². The van der Waals surface area contributed by atoms with Crippen molar-refractivity contribution in [1.29, 1.82) is 0 Å². The largest absolute Gasteiger partial charge is 0.389 e. The average molecular weight is 306 g/mol. The third-order valence-electron chi connectivity index (χ3n) is 4.41. The first-order valence-corrected chi connectivity index (χ1v) is 7.17. The van der Waals surface area contributed by atoms with E-state index in [1.54, 1.807) is 6.07 Å². The zero-order valence-corrected chi connectivity index (χ0v) is 12.8. The molecule has 1 N–H and O–H groups in total. The van der Waals surface area contributed by atoms with E-state index in [4.69, 9.17) is 0 Å². The van der Waals surface area contributed by atoms with Crippen LogP contribution in [0.5, 0.6) is 0 Å². The number of hydrogen-bond donors (Lipinski definition) is 1. The summed E-state index contributed by atoms with van der Waals surface area (Å²) in [5.74, 6) is -4.91. The van der Waals surface area contributed by atoms with Crippen molar-refractivity contribution in [2.24, 2.45) is 11.8 Å². The maximum atomic E-state index is 14.2. The van der Waals surface area contributed by atoms with Crippen molar-refractivity contribution in [2.45, 2.75) is 38.7 Å². The minimum atomic E-state index is -1.60. The van der Waals surface area contributed by atoms with E-state index in [0.29, 0.717) is 0 Å². The second-order valence-corrected chi connectivity index (χ2v) is 6.22. The van der Waals surface area contributed by atoms with Crippen LogP contribution < -0.4 is 0 Å². The minimum Gasteiger partial charge on any atom is -0.389 e.